The lowest BCUT2D eigenvalue weighted by atomic mass is 10.1. The summed E-state index contributed by atoms with van der Waals surface area (Å²) in [6.07, 6.45) is 0.0508. The zero-order valence-electron chi connectivity index (χ0n) is 10.6. The normalized spacial score (nSPS) is 15.9. The van der Waals surface area contributed by atoms with Crippen LogP contribution in [0.5, 0.6) is 0 Å². The summed E-state index contributed by atoms with van der Waals surface area (Å²) < 4.78 is 42.6. The summed E-state index contributed by atoms with van der Waals surface area (Å²) in [5.41, 5.74) is 0.423. The average Bonchev–Trinajstić information content (AvgIpc) is 2.40. The van der Waals surface area contributed by atoms with Gasteiger partial charge in [0, 0.05) is 12.7 Å². The van der Waals surface area contributed by atoms with E-state index >= 15 is 0 Å². The Morgan fingerprint density at radius 1 is 1.40 bits per heavy atom. The Kier molecular flexibility index (Phi) is 4.88. The first-order chi connectivity index (χ1) is 9.47. The van der Waals surface area contributed by atoms with Crippen molar-refractivity contribution in [2.45, 2.75) is 19.0 Å². The van der Waals surface area contributed by atoms with Crippen LogP contribution >= 0.6 is 11.6 Å². The minimum absolute atomic E-state index is 0.0271. The van der Waals surface area contributed by atoms with Crippen molar-refractivity contribution in [3.63, 3.8) is 0 Å². The maximum absolute atomic E-state index is 12.5. The zero-order chi connectivity index (χ0) is 14.6. The monoisotopic (exact) mass is 306 g/mol. The molecule has 0 bridgehead atoms. The highest BCUT2D eigenvalue weighted by atomic mass is 35.5. The molecule has 0 atom stereocenters. The molecule has 1 N–H and O–H groups in total. The molecule has 0 amide bonds. The predicted octanol–water partition coefficient (Wildman–Crippen LogP) is 3.90. The molecule has 0 saturated carbocycles. The molecule has 3 nitrogen and oxygen atoms in total. The van der Waals surface area contributed by atoms with E-state index in [2.05, 4.69) is 10.3 Å². The Labute approximate surface area is 119 Å². The molecule has 1 aromatic heterocycles. The quantitative estimate of drug-likeness (QED) is 0.857. The van der Waals surface area contributed by atoms with Gasteiger partial charge in [-0.1, -0.05) is 23.3 Å². The molecular weight excluding hydrogens is 293 g/mol. The predicted molar refractivity (Wildman–Crippen MR) is 70.9 cm³/mol. The number of anilines is 1. The Balaban J connectivity index is 1.91. The van der Waals surface area contributed by atoms with Crippen LogP contribution in [0.1, 0.15) is 18.4 Å². The molecule has 0 unspecified atom stereocenters. The summed E-state index contributed by atoms with van der Waals surface area (Å²) in [6.45, 7) is 1.91. The van der Waals surface area contributed by atoms with Gasteiger partial charge in [-0.15, -0.1) is 0 Å². The van der Waals surface area contributed by atoms with Crippen molar-refractivity contribution >= 4 is 17.4 Å². The third-order valence-electron chi connectivity index (χ3n) is 2.96. The number of pyridine rings is 1. The fourth-order valence-electron chi connectivity index (χ4n) is 1.86. The van der Waals surface area contributed by atoms with E-state index in [9.17, 15) is 13.2 Å². The minimum atomic E-state index is -4.43. The van der Waals surface area contributed by atoms with Gasteiger partial charge in [-0.2, -0.15) is 13.2 Å². The van der Waals surface area contributed by atoms with E-state index in [1.54, 1.807) is 0 Å². The lowest BCUT2D eigenvalue weighted by molar-refractivity contribution is -0.137. The highest BCUT2D eigenvalue weighted by Crippen LogP contribution is 2.32. The first-order valence-corrected chi connectivity index (χ1v) is 6.57. The van der Waals surface area contributed by atoms with Gasteiger partial charge in [0.05, 0.1) is 23.8 Å². The van der Waals surface area contributed by atoms with Gasteiger partial charge < -0.3 is 10.1 Å². The fourth-order valence-corrected chi connectivity index (χ4v) is 2.09. The molecule has 1 aromatic rings. The van der Waals surface area contributed by atoms with E-state index in [-0.39, 0.29) is 10.8 Å². The maximum atomic E-state index is 12.5. The van der Waals surface area contributed by atoms with E-state index in [1.165, 1.54) is 5.57 Å². The summed E-state index contributed by atoms with van der Waals surface area (Å²) in [5.74, 6) is 0.271. The molecule has 2 rings (SSSR count). The van der Waals surface area contributed by atoms with Crippen molar-refractivity contribution in [1.82, 2.24) is 4.98 Å². The van der Waals surface area contributed by atoms with Crippen molar-refractivity contribution in [3.05, 3.63) is 34.5 Å². The van der Waals surface area contributed by atoms with Crippen molar-refractivity contribution in [2.75, 3.05) is 25.1 Å². The summed E-state index contributed by atoms with van der Waals surface area (Å²) in [5, 5.41) is 2.92. The van der Waals surface area contributed by atoms with Crippen molar-refractivity contribution < 1.29 is 17.9 Å². The molecule has 7 heteroatoms. The molecule has 20 heavy (non-hydrogen) atoms. The molecule has 0 spiro atoms. The number of hydrogen-bond acceptors (Lipinski definition) is 3. The topological polar surface area (TPSA) is 34.2 Å². The van der Waals surface area contributed by atoms with Gasteiger partial charge in [0.2, 0.25) is 0 Å². The van der Waals surface area contributed by atoms with Gasteiger partial charge in [-0.25, -0.2) is 4.98 Å². The lowest BCUT2D eigenvalue weighted by Crippen LogP contribution is -2.11. The molecule has 0 fully saturated rings. The second kappa shape index (κ2) is 6.45. The molecule has 110 valence electrons. The molecule has 0 saturated heterocycles. The molecular formula is C13H14ClF3N2O. The molecule has 0 aliphatic carbocycles. The van der Waals surface area contributed by atoms with Gasteiger partial charge in [-0.05, 0) is 18.9 Å². The van der Waals surface area contributed by atoms with Crippen LogP contribution in [-0.2, 0) is 10.9 Å². The van der Waals surface area contributed by atoms with Crippen LogP contribution in [-0.4, -0.2) is 24.7 Å². The van der Waals surface area contributed by atoms with Crippen LogP contribution in [0.2, 0.25) is 5.02 Å². The standard InChI is InChI=1S/C13H14ClF3N2O/c14-11-7-10(13(15,16)17)8-19-12(11)18-4-1-9-2-5-20-6-3-9/h2,7-8H,1,3-6H2,(H,18,19). The number of halogens is 4. The maximum Gasteiger partial charge on any atom is 0.417 e. The SMILES string of the molecule is FC(F)(F)c1cnc(NCCC2=CCOCC2)c(Cl)c1. The first-order valence-electron chi connectivity index (χ1n) is 6.19. The first kappa shape index (κ1) is 15.1. The third-order valence-corrected chi connectivity index (χ3v) is 3.25. The fraction of sp³-hybridized carbons (Fsp3) is 0.462. The van der Waals surface area contributed by atoms with E-state index in [0.29, 0.717) is 19.8 Å². The number of ether oxygens (including phenoxy) is 1. The smallest absolute Gasteiger partial charge is 0.377 e. The van der Waals surface area contributed by atoms with Crippen LogP contribution in [0.3, 0.4) is 0 Å². The van der Waals surface area contributed by atoms with Gasteiger partial charge >= 0.3 is 6.18 Å². The molecule has 0 radical (unpaired) electrons. The zero-order valence-corrected chi connectivity index (χ0v) is 11.4. The Morgan fingerprint density at radius 3 is 2.80 bits per heavy atom. The largest absolute Gasteiger partial charge is 0.417 e. The van der Waals surface area contributed by atoms with Crippen LogP contribution in [0.15, 0.2) is 23.9 Å². The summed E-state index contributed by atoms with van der Waals surface area (Å²) in [7, 11) is 0. The van der Waals surface area contributed by atoms with E-state index in [4.69, 9.17) is 16.3 Å². The Hall–Kier alpha value is -1.27. The third kappa shape index (κ3) is 4.11. The van der Waals surface area contributed by atoms with E-state index in [0.717, 1.165) is 25.1 Å². The highest BCUT2D eigenvalue weighted by Gasteiger charge is 2.31. The number of hydrogen-bond donors (Lipinski definition) is 1. The summed E-state index contributed by atoms with van der Waals surface area (Å²) in [6, 6.07) is 0.880. The summed E-state index contributed by atoms with van der Waals surface area (Å²) >= 11 is 5.80. The second-order valence-corrected chi connectivity index (χ2v) is 4.82. The number of alkyl halides is 3. The minimum Gasteiger partial charge on any atom is -0.377 e. The van der Waals surface area contributed by atoms with Gasteiger partial charge in [-0.3, -0.25) is 0 Å². The number of rotatable bonds is 4. The van der Waals surface area contributed by atoms with Crippen molar-refractivity contribution in [1.29, 1.82) is 0 Å². The number of nitrogens with zero attached hydrogens (tertiary/aromatic N) is 1. The Bertz CT molecular complexity index is 503. The second-order valence-electron chi connectivity index (χ2n) is 4.42. The number of aromatic nitrogens is 1. The van der Waals surface area contributed by atoms with E-state index in [1.807, 2.05) is 6.08 Å². The van der Waals surface area contributed by atoms with Crippen LogP contribution in [0.25, 0.3) is 0 Å². The van der Waals surface area contributed by atoms with Crippen molar-refractivity contribution in [2.24, 2.45) is 0 Å². The van der Waals surface area contributed by atoms with Gasteiger partial charge in [0.25, 0.3) is 0 Å². The van der Waals surface area contributed by atoms with E-state index < -0.39 is 11.7 Å². The van der Waals surface area contributed by atoms with Crippen LogP contribution in [0.4, 0.5) is 19.0 Å². The molecule has 0 aromatic carbocycles. The van der Waals surface area contributed by atoms with Crippen molar-refractivity contribution in [3.8, 4) is 0 Å². The average molecular weight is 307 g/mol. The molecule has 1 aliphatic rings. The molecule has 1 aliphatic heterocycles. The Morgan fingerprint density at radius 2 is 2.20 bits per heavy atom. The summed E-state index contributed by atoms with van der Waals surface area (Å²) in [4.78, 5) is 3.72. The highest BCUT2D eigenvalue weighted by molar-refractivity contribution is 6.32. The lowest BCUT2D eigenvalue weighted by Gasteiger charge is -2.14. The van der Waals surface area contributed by atoms with Gasteiger partial charge in [0.1, 0.15) is 5.82 Å². The van der Waals surface area contributed by atoms with Crippen LogP contribution in [0, 0.1) is 0 Å². The molecule has 2 heterocycles. The van der Waals surface area contributed by atoms with Gasteiger partial charge in [0.15, 0.2) is 0 Å². The van der Waals surface area contributed by atoms with Crippen LogP contribution < -0.4 is 5.32 Å². The number of nitrogens with one attached hydrogen (secondary N) is 1.